The second kappa shape index (κ2) is 7.75. The van der Waals surface area contributed by atoms with E-state index in [1.807, 2.05) is 24.6 Å². The van der Waals surface area contributed by atoms with Gasteiger partial charge in [0.25, 0.3) is 5.69 Å². The van der Waals surface area contributed by atoms with Gasteiger partial charge in [0.1, 0.15) is 5.56 Å². The number of hydrogen-bond acceptors (Lipinski definition) is 7. The van der Waals surface area contributed by atoms with E-state index in [0.29, 0.717) is 26.2 Å². The molecular formula is C18H22N4O5. The summed E-state index contributed by atoms with van der Waals surface area (Å²) < 4.78 is 12.5. The number of nitro groups is 1. The van der Waals surface area contributed by atoms with Crippen LogP contribution in [-0.2, 0) is 16.0 Å². The van der Waals surface area contributed by atoms with Gasteiger partial charge in [0, 0.05) is 30.5 Å². The Morgan fingerprint density at radius 3 is 2.81 bits per heavy atom. The number of rotatable bonds is 5. The van der Waals surface area contributed by atoms with Crippen molar-refractivity contribution in [3.05, 3.63) is 51.3 Å². The maximum atomic E-state index is 11.9. The molecule has 144 valence electrons. The summed E-state index contributed by atoms with van der Waals surface area (Å²) in [6, 6.07) is 6.51. The Morgan fingerprint density at radius 2 is 2.19 bits per heavy atom. The number of methoxy groups -OCH3 is 1. The third kappa shape index (κ3) is 4.08. The Balaban J connectivity index is 1.80. The number of morpholine rings is 1. The highest BCUT2D eigenvalue weighted by Crippen LogP contribution is 2.27. The van der Waals surface area contributed by atoms with Gasteiger partial charge in [-0.25, -0.2) is 4.79 Å². The van der Waals surface area contributed by atoms with Gasteiger partial charge in [0.2, 0.25) is 0 Å². The van der Waals surface area contributed by atoms with Crippen LogP contribution < -0.4 is 4.90 Å². The molecule has 0 aliphatic carbocycles. The monoisotopic (exact) mass is 374 g/mol. The van der Waals surface area contributed by atoms with E-state index in [1.165, 1.54) is 19.2 Å². The first-order valence-electron chi connectivity index (χ1n) is 8.63. The number of ether oxygens (including phenoxy) is 2. The van der Waals surface area contributed by atoms with E-state index in [9.17, 15) is 14.9 Å². The highest BCUT2D eigenvalue weighted by atomic mass is 16.6. The predicted octanol–water partition coefficient (Wildman–Crippen LogP) is 2.10. The zero-order valence-corrected chi connectivity index (χ0v) is 15.5. The first kappa shape index (κ1) is 18.8. The Kier molecular flexibility index (Phi) is 5.41. The molecule has 1 unspecified atom stereocenters. The van der Waals surface area contributed by atoms with Gasteiger partial charge in [-0.3, -0.25) is 14.8 Å². The van der Waals surface area contributed by atoms with Crippen LogP contribution in [-0.4, -0.2) is 53.6 Å². The minimum atomic E-state index is -0.726. The standard InChI is InChI=1S/C18H22N4O5/c1-12-8-13(2)21(19-12)11-15-10-20(6-7-27-15)14-4-5-17(22(24)25)16(9-14)18(23)26-3/h4-5,8-9,15H,6-7,10-11H2,1-3H3. The summed E-state index contributed by atoms with van der Waals surface area (Å²) in [6.45, 7) is 6.31. The SMILES string of the molecule is COC(=O)c1cc(N2CCOC(Cn3nc(C)cc3C)C2)ccc1[N+](=O)[O-]. The zero-order valence-electron chi connectivity index (χ0n) is 15.5. The summed E-state index contributed by atoms with van der Waals surface area (Å²) in [5, 5.41) is 15.6. The molecule has 1 aromatic heterocycles. The summed E-state index contributed by atoms with van der Waals surface area (Å²) >= 11 is 0. The number of anilines is 1. The van der Waals surface area contributed by atoms with Gasteiger partial charge in [-0.1, -0.05) is 0 Å². The third-order valence-electron chi connectivity index (χ3n) is 4.57. The molecule has 0 radical (unpaired) electrons. The van der Waals surface area contributed by atoms with Gasteiger partial charge in [-0.15, -0.1) is 0 Å². The van der Waals surface area contributed by atoms with Gasteiger partial charge in [0.05, 0.1) is 37.0 Å². The number of hydrogen-bond donors (Lipinski definition) is 0. The molecule has 1 aliphatic heterocycles. The molecular weight excluding hydrogens is 352 g/mol. The molecule has 27 heavy (non-hydrogen) atoms. The zero-order chi connectivity index (χ0) is 19.6. The van der Waals surface area contributed by atoms with E-state index in [0.717, 1.165) is 17.1 Å². The average Bonchev–Trinajstić information content (AvgIpc) is 2.97. The quantitative estimate of drug-likeness (QED) is 0.449. The number of carbonyl (C=O) groups is 1. The molecule has 0 bridgehead atoms. The van der Waals surface area contributed by atoms with Gasteiger partial charge in [0.15, 0.2) is 0 Å². The van der Waals surface area contributed by atoms with Gasteiger partial charge >= 0.3 is 5.97 Å². The number of nitro benzene ring substituents is 1. The highest BCUT2D eigenvalue weighted by molar-refractivity contribution is 5.95. The van der Waals surface area contributed by atoms with E-state index < -0.39 is 10.9 Å². The molecule has 0 N–H and O–H groups in total. The van der Waals surface area contributed by atoms with Crippen LogP contribution in [0.1, 0.15) is 21.7 Å². The molecule has 0 amide bonds. The van der Waals surface area contributed by atoms with Crippen molar-refractivity contribution >= 4 is 17.3 Å². The number of esters is 1. The Morgan fingerprint density at radius 1 is 1.41 bits per heavy atom. The fourth-order valence-electron chi connectivity index (χ4n) is 3.27. The smallest absolute Gasteiger partial charge is 0.344 e. The van der Waals surface area contributed by atoms with Crippen molar-refractivity contribution in [3.8, 4) is 0 Å². The van der Waals surface area contributed by atoms with Crippen molar-refractivity contribution in [2.75, 3.05) is 31.7 Å². The maximum absolute atomic E-state index is 11.9. The largest absolute Gasteiger partial charge is 0.465 e. The van der Waals surface area contributed by atoms with E-state index >= 15 is 0 Å². The van der Waals surface area contributed by atoms with Crippen molar-refractivity contribution in [1.82, 2.24) is 9.78 Å². The topological polar surface area (TPSA) is 99.7 Å². The van der Waals surface area contributed by atoms with Crippen molar-refractivity contribution in [3.63, 3.8) is 0 Å². The van der Waals surface area contributed by atoms with E-state index in [4.69, 9.17) is 4.74 Å². The van der Waals surface area contributed by atoms with Crippen molar-refractivity contribution in [2.45, 2.75) is 26.5 Å². The molecule has 3 rings (SSSR count). The number of carbonyl (C=O) groups excluding carboxylic acids is 1. The molecule has 1 aromatic carbocycles. The number of aromatic nitrogens is 2. The Bertz CT molecular complexity index is 863. The number of aryl methyl sites for hydroxylation is 2. The molecule has 9 heteroatoms. The molecule has 1 saturated heterocycles. The highest BCUT2D eigenvalue weighted by Gasteiger charge is 2.26. The summed E-state index contributed by atoms with van der Waals surface area (Å²) in [7, 11) is 1.21. The lowest BCUT2D eigenvalue weighted by Gasteiger charge is -2.34. The second-order valence-electron chi connectivity index (χ2n) is 6.50. The van der Waals surface area contributed by atoms with Crippen LogP contribution in [0, 0.1) is 24.0 Å². The van der Waals surface area contributed by atoms with Gasteiger partial charge in [-0.2, -0.15) is 5.10 Å². The maximum Gasteiger partial charge on any atom is 0.344 e. The Labute approximate surface area is 156 Å². The summed E-state index contributed by atoms with van der Waals surface area (Å²) in [5.41, 5.74) is 2.43. The minimum Gasteiger partial charge on any atom is -0.465 e. The van der Waals surface area contributed by atoms with Crippen LogP contribution in [0.25, 0.3) is 0 Å². The lowest BCUT2D eigenvalue weighted by molar-refractivity contribution is -0.385. The number of benzene rings is 1. The lowest BCUT2D eigenvalue weighted by Crippen LogP contribution is -2.44. The van der Waals surface area contributed by atoms with Crippen LogP contribution in [0.15, 0.2) is 24.3 Å². The summed E-state index contributed by atoms with van der Waals surface area (Å²) in [4.78, 5) is 24.6. The Hall–Kier alpha value is -2.94. The molecule has 2 heterocycles. The first-order chi connectivity index (χ1) is 12.9. The fraction of sp³-hybridized carbons (Fsp3) is 0.444. The van der Waals surface area contributed by atoms with Crippen molar-refractivity contribution in [2.24, 2.45) is 0 Å². The first-order valence-corrected chi connectivity index (χ1v) is 8.63. The van der Waals surface area contributed by atoms with E-state index in [-0.39, 0.29) is 17.4 Å². The molecule has 0 saturated carbocycles. The van der Waals surface area contributed by atoms with E-state index in [2.05, 4.69) is 14.7 Å². The predicted molar refractivity (Wildman–Crippen MR) is 98.1 cm³/mol. The molecule has 1 aliphatic rings. The van der Waals surface area contributed by atoms with Crippen LogP contribution >= 0.6 is 0 Å². The van der Waals surface area contributed by atoms with E-state index in [1.54, 1.807) is 6.07 Å². The molecule has 1 atom stereocenters. The van der Waals surface area contributed by atoms with Crippen LogP contribution in [0.3, 0.4) is 0 Å². The average molecular weight is 374 g/mol. The normalized spacial score (nSPS) is 17.0. The van der Waals surface area contributed by atoms with Gasteiger partial charge in [-0.05, 0) is 32.0 Å². The summed E-state index contributed by atoms with van der Waals surface area (Å²) in [5.74, 6) is -0.726. The molecule has 9 nitrogen and oxygen atoms in total. The molecule has 1 fully saturated rings. The van der Waals surface area contributed by atoms with Gasteiger partial charge < -0.3 is 14.4 Å². The van der Waals surface area contributed by atoms with Crippen LogP contribution in [0.4, 0.5) is 11.4 Å². The van der Waals surface area contributed by atoms with Crippen molar-refractivity contribution < 1.29 is 19.2 Å². The minimum absolute atomic E-state index is 0.0541. The third-order valence-corrected chi connectivity index (χ3v) is 4.57. The van der Waals surface area contributed by atoms with Crippen molar-refractivity contribution in [1.29, 1.82) is 0 Å². The summed E-state index contributed by atoms with van der Waals surface area (Å²) in [6.07, 6.45) is -0.0754. The molecule has 0 spiro atoms. The van der Waals surface area contributed by atoms with Crippen LogP contribution in [0.2, 0.25) is 0 Å². The second-order valence-corrected chi connectivity index (χ2v) is 6.50. The number of nitrogens with zero attached hydrogens (tertiary/aromatic N) is 4. The lowest BCUT2D eigenvalue weighted by atomic mass is 10.1. The molecule has 2 aromatic rings. The fourth-order valence-corrected chi connectivity index (χ4v) is 3.27. The van der Waals surface area contributed by atoms with Crippen LogP contribution in [0.5, 0.6) is 0 Å².